The van der Waals surface area contributed by atoms with Crippen molar-refractivity contribution in [2.75, 3.05) is 32.0 Å². The molecule has 0 bridgehead atoms. The maximum absolute atomic E-state index is 12.0. The Morgan fingerprint density at radius 3 is 2.63 bits per heavy atom. The van der Waals surface area contributed by atoms with Gasteiger partial charge in [0.1, 0.15) is 0 Å². The van der Waals surface area contributed by atoms with Crippen molar-refractivity contribution in [3.8, 4) is 0 Å². The summed E-state index contributed by atoms with van der Waals surface area (Å²) in [6.45, 7) is 5.35. The predicted molar refractivity (Wildman–Crippen MR) is 78.2 cm³/mol. The van der Waals surface area contributed by atoms with Crippen LogP contribution in [-0.4, -0.2) is 46.5 Å². The standard InChI is InChI=1S/C12H24N2O3S.ClH/c1-12(4-6-13-7-5-12)10-14-18(15,16)9-11-3-2-8-17-11;/h11,13-14H,2-10H2,1H3;1H. The zero-order valence-corrected chi connectivity index (χ0v) is 13.1. The molecule has 0 spiro atoms. The van der Waals surface area contributed by atoms with E-state index in [0.29, 0.717) is 13.2 Å². The van der Waals surface area contributed by atoms with Crippen LogP contribution >= 0.6 is 12.4 Å². The summed E-state index contributed by atoms with van der Waals surface area (Å²) in [5, 5.41) is 3.30. The second-order valence-electron chi connectivity index (χ2n) is 5.80. The third-order valence-corrected chi connectivity index (χ3v) is 5.35. The van der Waals surface area contributed by atoms with Crippen LogP contribution in [0.4, 0.5) is 0 Å². The van der Waals surface area contributed by atoms with Gasteiger partial charge in [-0.2, -0.15) is 0 Å². The Bertz CT molecular complexity index is 363. The molecule has 0 aromatic heterocycles. The Kier molecular flexibility index (Phi) is 6.53. The van der Waals surface area contributed by atoms with Gasteiger partial charge in [0.05, 0.1) is 11.9 Å². The summed E-state index contributed by atoms with van der Waals surface area (Å²) in [7, 11) is -3.20. The molecular weight excluding hydrogens is 288 g/mol. The quantitative estimate of drug-likeness (QED) is 0.791. The fourth-order valence-electron chi connectivity index (χ4n) is 2.57. The van der Waals surface area contributed by atoms with Gasteiger partial charge >= 0.3 is 0 Å². The third kappa shape index (κ3) is 5.55. The topological polar surface area (TPSA) is 67.4 Å². The highest BCUT2D eigenvalue weighted by Gasteiger charge is 2.29. The lowest BCUT2D eigenvalue weighted by Crippen LogP contribution is -2.44. The minimum Gasteiger partial charge on any atom is -0.377 e. The summed E-state index contributed by atoms with van der Waals surface area (Å²) in [5.74, 6) is 0.112. The van der Waals surface area contributed by atoms with Crippen molar-refractivity contribution in [2.45, 2.75) is 38.7 Å². The number of sulfonamides is 1. The van der Waals surface area contributed by atoms with Crippen LogP contribution in [0.2, 0.25) is 0 Å². The molecule has 1 atom stereocenters. The van der Waals surface area contributed by atoms with Crippen molar-refractivity contribution in [1.82, 2.24) is 10.0 Å². The number of hydrogen-bond acceptors (Lipinski definition) is 4. The summed E-state index contributed by atoms with van der Waals surface area (Å²) in [5.41, 5.74) is 0.0921. The van der Waals surface area contributed by atoms with Gasteiger partial charge in [0, 0.05) is 13.2 Å². The van der Waals surface area contributed by atoms with Gasteiger partial charge in [-0.25, -0.2) is 13.1 Å². The summed E-state index contributed by atoms with van der Waals surface area (Å²) in [4.78, 5) is 0. The third-order valence-electron chi connectivity index (χ3n) is 3.96. The average Bonchev–Trinajstić information content (AvgIpc) is 2.80. The lowest BCUT2D eigenvalue weighted by atomic mass is 9.81. The summed E-state index contributed by atoms with van der Waals surface area (Å²) in [6, 6.07) is 0. The molecule has 0 aromatic rings. The molecule has 114 valence electrons. The van der Waals surface area contributed by atoms with E-state index in [2.05, 4.69) is 17.0 Å². The molecule has 0 amide bonds. The van der Waals surface area contributed by atoms with Gasteiger partial charge in [-0.05, 0) is 44.2 Å². The smallest absolute Gasteiger partial charge is 0.214 e. The number of ether oxygens (including phenoxy) is 1. The molecule has 0 aliphatic carbocycles. The Labute approximate surface area is 122 Å². The van der Waals surface area contributed by atoms with E-state index >= 15 is 0 Å². The van der Waals surface area contributed by atoms with Crippen LogP contribution in [0.1, 0.15) is 32.6 Å². The lowest BCUT2D eigenvalue weighted by Gasteiger charge is -2.34. The van der Waals surface area contributed by atoms with E-state index in [1.54, 1.807) is 0 Å². The molecular formula is C12H25ClN2O3S. The Morgan fingerprint density at radius 1 is 1.37 bits per heavy atom. The number of hydrogen-bond donors (Lipinski definition) is 2. The Balaban J connectivity index is 0.00000180. The maximum Gasteiger partial charge on any atom is 0.214 e. The monoisotopic (exact) mass is 312 g/mol. The van der Waals surface area contributed by atoms with Crippen molar-refractivity contribution in [3.63, 3.8) is 0 Å². The Hall–Kier alpha value is 0.120. The van der Waals surface area contributed by atoms with Crippen LogP contribution in [0.25, 0.3) is 0 Å². The highest BCUT2D eigenvalue weighted by Crippen LogP contribution is 2.27. The van der Waals surface area contributed by atoms with Crippen molar-refractivity contribution in [3.05, 3.63) is 0 Å². The lowest BCUT2D eigenvalue weighted by molar-refractivity contribution is 0.127. The molecule has 2 aliphatic rings. The summed E-state index contributed by atoms with van der Waals surface area (Å²) in [6.07, 6.45) is 3.78. The first kappa shape index (κ1) is 17.2. The molecule has 2 saturated heterocycles. The number of piperidine rings is 1. The van der Waals surface area contributed by atoms with E-state index in [-0.39, 0.29) is 29.7 Å². The minimum absolute atomic E-state index is 0. The first-order valence-corrected chi connectivity index (χ1v) is 8.44. The summed E-state index contributed by atoms with van der Waals surface area (Å²) >= 11 is 0. The predicted octanol–water partition coefficient (Wildman–Crippen LogP) is 0.896. The normalized spacial score (nSPS) is 26.9. The number of nitrogens with one attached hydrogen (secondary N) is 2. The van der Waals surface area contributed by atoms with Crippen LogP contribution < -0.4 is 10.0 Å². The molecule has 5 nitrogen and oxygen atoms in total. The largest absolute Gasteiger partial charge is 0.377 e. The Morgan fingerprint density at radius 2 is 2.05 bits per heavy atom. The molecule has 2 N–H and O–H groups in total. The second kappa shape index (κ2) is 7.22. The molecule has 0 aromatic carbocycles. The number of halogens is 1. The molecule has 2 heterocycles. The first-order chi connectivity index (χ1) is 8.49. The minimum atomic E-state index is -3.20. The van der Waals surface area contributed by atoms with Gasteiger partial charge in [0.25, 0.3) is 0 Å². The molecule has 2 rings (SSSR count). The van der Waals surface area contributed by atoms with Crippen LogP contribution in [-0.2, 0) is 14.8 Å². The van der Waals surface area contributed by atoms with Gasteiger partial charge in [0.15, 0.2) is 0 Å². The molecule has 0 saturated carbocycles. The zero-order valence-electron chi connectivity index (χ0n) is 11.5. The highest BCUT2D eigenvalue weighted by atomic mass is 35.5. The molecule has 2 fully saturated rings. The van der Waals surface area contributed by atoms with E-state index in [1.807, 2.05) is 0 Å². The van der Waals surface area contributed by atoms with E-state index in [4.69, 9.17) is 4.74 Å². The summed E-state index contributed by atoms with van der Waals surface area (Å²) < 4.78 is 32.1. The molecule has 2 aliphatic heterocycles. The molecule has 19 heavy (non-hydrogen) atoms. The van der Waals surface area contributed by atoms with Gasteiger partial charge in [-0.15, -0.1) is 12.4 Å². The number of rotatable bonds is 5. The van der Waals surface area contributed by atoms with Crippen LogP contribution in [0, 0.1) is 5.41 Å². The highest BCUT2D eigenvalue weighted by molar-refractivity contribution is 7.89. The van der Waals surface area contributed by atoms with Gasteiger partial charge < -0.3 is 10.1 Å². The first-order valence-electron chi connectivity index (χ1n) is 6.79. The van der Waals surface area contributed by atoms with Gasteiger partial charge in [0.2, 0.25) is 10.0 Å². The average molecular weight is 313 g/mol. The van der Waals surface area contributed by atoms with Crippen LogP contribution in [0.15, 0.2) is 0 Å². The second-order valence-corrected chi connectivity index (χ2v) is 7.65. The van der Waals surface area contributed by atoms with E-state index in [0.717, 1.165) is 38.8 Å². The van der Waals surface area contributed by atoms with Crippen LogP contribution in [0.5, 0.6) is 0 Å². The van der Waals surface area contributed by atoms with Crippen molar-refractivity contribution < 1.29 is 13.2 Å². The fraction of sp³-hybridized carbons (Fsp3) is 1.00. The van der Waals surface area contributed by atoms with E-state index < -0.39 is 10.0 Å². The molecule has 1 unspecified atom stereocenters. The van der Waals surface area contributed by atoms with Crippen molar-refractivity contribution in [2.24, 2.45) is 5.41 Å². The zero-order chi connectivity index (χ0) is 13.1. The van der Waals surface area contributed by atoms with Crippen LogP contribution in [0.3, 0.4) is 0 Å². The molecule has 7 heteroatoms. The van der Waals surface area contributed by atoms with E-state index in [1.165, 1.54) is 0 Å². The van der Waals surface area contributed by atoms with E-state index in [9.17, 15) is 8.42 Å². The maximum atomic E-state index is 12.0. The van der Waals surface area contributed by atoms with Gasteiger partial charge in [-0.1, -0.05) is 6.92 Å². The van der Waals surface area contributed by atoms with Gasteiger partial charge in [-0.3, -0.25) is 0 Å². The van der Waals surface area contributed by atoms with Crippen molar-refractivity contribution in [1.29, 1.82) is 0 Å². The SMILES string of the molecule is CC1(CNS(=O)(=O)CC2CCCO2)CCNCC1.Cl. The fourth-order valence-corrected chi connectivity index (χ4v) is 4.01. The van der Waals surface area contributed by atoms with Crippen molar-refractivity contribution >= 4 is 22.4 Å². The molecule has 0 radical (unpaired) electrons.